The van der Waals surface area contributed by atoms with Gasteiger partial charge in [0.25, 0.3) is 11.8 Å². The molecule has 0 bridgehead atoms. The number of nitrogens with two attached hydrogens (primary N) is 1. The Kier molecular flexibility index (Phi) is 3.43. The molecule has 0 aliphatic carbocycles. The molecule has 132 valence electrons. The average molecular weight is 351 g/mol. The molecule has 0 radical (unpaired) electrons. The Bertz CT molecular complexity index is 1050. The number of carbonyl (C=O) groups excluding carboxylic acids is 2. The Hall–Kier alpha value is -3.42. The van der Waals surface area contributed by atoms with Crippen LogP contribution >= 0.6 is 0 Å². The molecule has 3 aromatic rings. The van der Waals surface area contributed by atoms with Gasteiger partial charge in [-0.3, -0.25) is 9.59 Å². The molecule has 26 heavy (non-hydrogen) atoms. The Morgan fingerprint density at radius 3 is 2.88 bits per heavy atom. The van der Waals surface area contributed by atoms with Crippen LogP contribution in [0.2, 0.25) is 0 Å². The summed E-state index contributed by atoms with van der Waals surface area (Å²) in [5, 5.41) is 6.85. The summed E-state index contributed by atoms with van der Waals surface area (Å²) in [4.78, 5) is 28.7. The number of nitrogens with one attached hydrogen (secondary N) is 1. The summed E-state index contributed by atoms with van der Waals surface area (Å²) in [6.07, 6.45) is 5.38. The first kappa shape index (κ1) is 16.1. The minimum absolute atomic E-state index is 0.194. The standard InChI is InChI=1S/C18H17N5O3/c1-18(2)8-10-6-13(11(15(19)24)7-14(10)26-18)22-17(25)12-9-21-23-5-3-4-20-16(12)23/h3-7,9H,8H2,1-2H3,(H2,19,24)(H,22,25). The number of ether oxygens (including phenoxy) is 1. The van der Waals surface area contributed by atoms with Crippen molar-refractivity contribution in [2.24, 2.45) is 5.73 Å². The Balaban J connectivity index is 1.72. The molecule has 2 aromatic heterocycles. The lowest BCUT2D eigenvalue weighted by atomic mass is 9.99. The third-order valence-corrected chi connectivity index (χ3v) is 4.24. The van der Waals surface area contributed by atoms with E-state index in [0.717, 1.165) is 5.56 Å². The molecule has 3 N–H and O–H groups in total. The zero-order valence-corrected chi connectivity index (χ0v) is 14.3. The van der Waals surface area contributed by atoms with E-state index >= 15 is 0 Å². The van der Waals surface area contributed by atoms with E-state index in [-0.39, 0.29) is 11.2 Å². The van der Waals surface area contributed by atoms with Crippen molar-refractivity contribution in [3.8, 4) is 5.75 Å². The van der Waals surface area contributed by atoms with Gasteiger partial charge in [0.05, 0.1) is 17.4 Å². The number of carbonyl (C=O) groups is 2. The summed E-state index contributed by atoms with van der Waals surface area (Å²) < 4.78 is 7.33. The summed E-state index contributed by atoms with van der Waals surface area (Å²) in [5.74, 6) is -0.451. The number of rotatable bonds is 3. The molecule has 1 aliphatic rings. The second kappa shape index (κ2) is 5.55. The summed E-state index contributed by atoms with van der Waals surface area (Å²) >= 11 is 0. The molecule has 0 unspecified atom stereocenters. The fraction of sp³-hybridized carbons (Fsp3) is 0.222. The van der Waals surface area contributed by atoms with Crippen molar-refractivity contribution >= 4 is 23.1 Å². The van der Waals surface area contributed by atoms with Gasteiger partial charge in [-0.1, -0.05) is 0 Å². The molecule has 1 aliphatic heterocycles. The van der Waals surface area contributed by atoms with Gasteiger partial charge in [-0.2, -0.15) is 5.10 Å². The highest BCUT2D eigenvalue weighted by Crippen LogP contribution is 2.38. The predicted octanol–water partition coefficient (Wildman–Crippen LogP) is 1.79. The van der Waals surface area contributed by atoms with E-state index in [1.807, 2.05) is 13.8 Å². The molecular weight excluding hydrogens is 334 g/mol. The van der Waals surface area contributed by atoms with Crippen LogP contribution in [-0.4, -0.2) is 32.0 Å². The lowest BCUT2D eigenvalue weighted by Crippen LogP contribution is -2.24. The van der Waals surface area contributed by atoms with E-state index < -0.39 is 11.8 Å². The summed E-state index contributed by atoms with van der Waals surface area (Å²) in [6.45, 7) is 3.92. The number of amides is 2. The number of fused-ring (bicyclic) bond motifs is 2. The first-order valence-electron chi connectivity index (χ1n) is 8.09. The normalized spacial score (nSPS) is 14.7. The van der Waals surface area contributed by atoms with Crippen LogP contribution < -0.4 is 15.8 Å². The minimum Gasteiger partial charge on any atom is -0.487 e. The molecule has 3 heterocycles. The number of benzene rings is 1. The maximum Gasteiger partial charge on any atom is 0.261 e. The quantitative estimate of drug-likeness (QED) is 0.747. The molecule has 8 heteroatoms. The molecule has 0 spiro atoms. The van der Waals surface area contributed by atoms with Crippen molar-refractivity contribution in [2.45, 2.75) is 25.9 Å². The fourth-order valence-electron chi connectivity index (χ4n) is 3.13. The zero-order chi connectivity index (χ0) is 18.5. The second-order valence-electron chi connectivity index (χ2n) is 6.81. The minimum atomic E-state index is -0.644. The van der Waals surface area contributed by atoms with Crippen LogP contribution in [0.3, 0.4) is 0 Å². The van der Waals surface area contributed by atoms with Gasteiger partial charge < -0.3 is 15.8 Å². The molecule has 0 fully saturated rings. The smallest absolute Gasteiger partial charge is 0.261 e. The largest absolute Gasteiger partial charge is 0.487 e. The first-order valence-corrected chi connectivity index (χ1v) is 8.09. The highest BCUT2D eigenvalue weighted by molar-refractivity contribution is 6.11. The molecule has 4 rings (SSSR count). The summed E-state index contributed by atoms with van der Waals surface area (Å²) in [7, 11) is 0. The van der Waals surface area contributed by atoms with Crippen LogP contribution in [0.15, 0.2) is 36.8 Å². The zero-order valence-electron chi connectivity index (χ0n) is 14.3. The van der Waals surface area contributed by atoms with Crippen molar-refractivity contribution in [3.05, 3.63) is 53.5 Å². The van der Waals surface area contributed by atoms with E-state index in [4.69, 9.17) is 10.5 Å². The number of nitrogens with zero attached hydrogens (tertiary/aromatic N) is 3. The van der Waals surface area contributed by atoms with Crippen molar-refractivity contribution in [3.63, 3.8) is 0 Å². The molecule has 8 nitrogen and oxygen atoms in total. The van der Waals surface area contributed by atoms with Gasteiger partial charge >= 0.3 is 0 Å². The highest BCUT2D eigenvalue weighted by Gasteiger charge is 2.32. The Morgan fingerprint density at radius 1 is 1.31 bits per heavy atom. The summed E-state index contributed by atoms with van der Waals surface area (Å²) in [5.41, 5.74) is 7.30. The highest BCUT2D eigenvalue weighted by atomic mass is 16.5. The lowest BCUT2D eigenvalue weighted by Gasteiger charge is -2.16. The van der Waals surface area contributed by atoms with Gasteiger partial charge in [-0.05, 0) is 32.0 Å². The van der Waals surface area contributed by atoms with Gasteiger partial charge in [0.1, 0.15) is 16.9 Å². The average Bonchev–Trinajstić information content (AvgIpc) is 3.12. The Labute approximate surface area is 149 Å². The van der Waals surface area contributed by atoms with Crippen LogP contribution in [-0.2, 0) is 6.42 Å². The maximum atomic E-state index is 12.7. The van der Waals surface area contributed by atoms with E-state index in [9.17, 15) is 9.59 Å². The SMILES string of the molecule is CC1(C)Cc2cc(NC(=O)c3cnn4cccnc34)c(C(N)=O)cc2O1. The van der Waals surface area contributed by atoms with Gasteiger partial charge in [-0.15, -0.1) is 0 Å². The van der Waals surface area contributed by atoms with Gasteiger partial charge in [0, 0.05) is 24.4 Å². The number of hydrogen-bond acceptors (Lipinski definition) is 5. The topological polar surface area (TPSA) is 112 Å². The number of primary amides is 1. The van der Waals surface area contributed by atoms with Crippen LogP contribution in [0.1, 0.15) is 40.1 Å². The van der Waals surface area contributed by atoms with Crippen LogP contribution in [0.25, 0.3) is 5.65 Å². The fourth-order valence-corrected chi connectivity index (χ4v) is 3.13. The molecule has 2 amide bonds. The van der Waals surface area contributed by atoms with Crippen LogP contribution in [0, 0.1) is 0 Å². The number of aromatic nitrogens is 3. The van der Waals surface area contributed by atoms with Crippen molar-refractivity contribution in [2.75, 3.05) is 5.32 Å². The van der Waals surface area contributed by atoms with Crippen molar-refractivity contribution in [1.82, 2.24) is 14.6 Å². The van der Waals surface area contributed by atoms with E-state index in [2.05, 4.69) is 15.4 Å². The van der Waals surface area contributed by atoms with Crippen molar-refractivity contribution < 1.29 is 14.3 Å². The molecule has 1 aromatic carbocycles. The van der Waals surface area contributed by atoms with Crippen LogP contribution in [0.5, 0.6) is 5.75 Å². The third kappa shape index (κ3) is 2.65. The van der Waals surface area contributed by atoms with Gasteiger partial charge in [-0.25, -0.2) is 9.50 Å². The molecule has 0 saturated carbocycles. The summed E-state index contributed by atoms with van der Waals surface area (Å²) in [6, 6.07) is 5.03. The van der Waals surface area contributed by atoms with Gasteiger partial charge in [0.2, 0.25) is 0 Å². The van der Waals surface area contributed by atoms with E-state index in [1.54, 1.807) is 30.6 Å². The number of anilines is 1. The predicted molar refractivity (Wildman–Crippen MR) is 94.3 cm³/mol. The third-order valence-electron chi connectivity index (χ3n) is 4.24. The maximum absolute atomic E-state index is 12.7. The first-order chi connectivity index (χ1) is 12.3. The number of hydrogen-bond donors (Lipinski definition) is 2. The monoisotopic (exact) mass is 351 g/mol. The Morgan fingerprint density at radius 2 is 2.12 bits per heavy atom. The molecule has 0 atom stereocenters. The second-order valence-corrected chi connectivity index (χ2v) is 6.81. The van der Waals surface area contributed by atoms with E-state index in [1.165, 1.54) is 10.7 Å². The van der Waals surface area contributed by atoms with E-state index in [0.29, 0.717) is 29.1 Å². The van der Waals surface area contributed by atoms with Crippen molar-refractivity contribution in [1.29, 1.82) is 0 Å². The van der Waals surface area contributed by atoms with Crippen LogP contribution in [0.4, 0.5) is 5.69 Å². The molecular formula is C18H17N5O3. The lowest BCUT2D eigenvalue weighted by molar-refractivity contribution is 0.0999. The molecule has 0 saturated heterocycles. The van der Waals surface area contributed by atoms with Gasteiger partial charge in [0.15, 0.2) is 5.65 Å².